The lowest BCUT2D eigenvalue weighted by Crippen LogP contribution is -2.51. The SMILES string of the molecule is COC(=O)NCCOc1cc(C(=O)N(C(C)C)[C@@H]2CCCNC2)ccc1Br. The summed E-state index contributed by atoms with van der Waals surface area (Å²) in [6, 6.07) is 5.67. The Kier molecular flexibility index (Phi) is 8.37. The van der Waals surface area contributed by atoms with E-state index in [1.165, 1.54) is 7.11 Å². The molecular formula is C19H28BrN3O4. The number of hydrogen-bond acceptors (Lipinski definition) is 5. The van der Waals surface area contributed by atoms with Crippen molar-refractivity contribution >= 4 is 27.9 Å². The van der Waals surface area contributed by atoms with Crippen LogP contribution in [-0.2, 0) is 4.74 Å². The van der Waals surface area contributed by atoms with Crippen LogP contribution < -0.4 is 15.4 Å². The Balaban J connectivity index is 2.07. The lowest BCUT2D eigenvalue weighted by Gasteiger charge is -2.37. The van der Waals surface area contributed by atoms with E-state index < -0.39 is 6.09 Å². The lowest BCUT2D eigenvalue weighted by atomic mass is 10.0. The van der Waals surface area contributed by atoms with Crippen molar-refractivity contribution in [1.82, 2.24) is 15.5 Å². The van der Waals surface area contributed by atoms with E-state index >= 15 is 0 Å². The van der Waals surface area contributed by atoms with Crippen LogP contribution in [0.4, 0.5) is 4.79 Å². The van der Waals surface area contributed by atoms with Crippen molar-refractivity contribution in [3.05, 3.63) is 28.2 Å². The highest BCUT2D eigenvalue weighted by atomic mass is 79.9. The lowest BCUT2D eigenvalue weighted by molar-refractivity contribution is 0.0573. The van der Waals surface area contributed by atoms with Crippen molar-refractivity contribution in [2.45, 2.75) is 38.8 Å². The third-order valence-corrected chi connectivity index (χ3v) is 5.10. The molecule has 150 valence electrons. The highest BCUT2D eigenvalue weighted by Crippen LogP contribution is 2.27. The van der Waals surface area contributed by atoms with Gasteiger partial charge in [0.2, 0.25) is 0 Å². The summed E-state index contributed by atoms with van der Waals surface area (Å²) in [5, 5.41) is 5.93. The van der Waals surface area contributed by atoms with Crippen molar-refractivity contribution in [2.75, 3.05) is 33.4 Å². The Bertz CT molecular complexity index is 648. The molecule has 0 saturated carbocycles. The molecule has 1 aliphatic rings. The molecule has 2 amide bonds. The van der Waals surface area contributed by atoms with Gasteiger partial charge in [0, 0.05) is 24.2 Å². The molecule has 1 heterocycles. The van der Waals surface area contributed by atoms with Crippen LogP contribution in [0.15, 0.2) is 22.7 Å². The monoisotopic (exact) mass is 441 g/mol. The predicted octanol–water partition coefficient (Wildman–Crippen LogP) is 2.79. The predicted molar refractivity (Wildman–Crippen MR) is 107 cm³/mol. The summed E-state index contributed by atoms with van der Waals surface area (Å²) in [5.41, 5.74) is 0.591. The highest BCUT2D eigenvalue weighted by Gasteiger charge is 2.28. The number of halogens is 1. The smallest absolute Gasteiger partial charge is 0.406 e. The fraction of sp³-hybridized carbons (Fsp3) is 0.579. The van der Waals surface area contributed by atoms with E-state index in [0.717, 1.165) is 30.4 Å². The maximum atomic E-state index is 13.2. The fourth-order valence-electron chi connectivity index (χ4n) is 3.18. The molecule has 2 rings (SSSR count). The molecule has 1 saturated heterocycles. The number of methoxy groups -OCH3 is 1. The summed E-state index contributed by atoms with van der Waals surface area (Å²) in [6.07, 6.45) is 1.58. The van der Waals surface area contributed by atoms with E-state index in [1.54, 1.807) is 12.1 Å². The van der Waals surface area contributed by atoms with Gasteiger partial charge in [-0.1, -0.05) is 0 Å². The van der Waals surface area contributed by atoms with Crippen LogP contribution in [0.2, 0.25) is 0 Å². The van der Waals surface area contributed by atoms with Crippen LogP contribution in [0.3, 0.4) is 0 Å². The number of alkyl carbamates (subject to hydrolysis) is 1. The van der Waals surface area contributed by atoms with Gasteiger partial charge in [0.15, 0.2) is 0 Å². The van der Waals surface area contributed by atoms with Gasteiger partial charge in [0.05, 0.1) is 18.1 Å². The quantitative estimate of drug-likeness (QED) is 0.635. The summed E-state index contributed by atoms with van der Waals surface area (Å²) in [4.78, 5) is 26.2. The Morgan fingerprint density at radius 1 is 1.41 bits per heavy atom. The second-order valence-electron chi connectivity index (χ2n) is 6.72. The van der Waals surface area contributed by atoms with E-state index in [-0.39, 0.29) is 24.6 Å². The first kappa shape index (κ1) is 21.5. The Labute approximate surface area is 168 Å². The van der Waals surface area contributed by atoms with E-state index in [0.29, 0.717) is 17.9 Å². The molecule has 1 atom stereocenters. The minimum absolute atomic E-state index is 0.00346. The maximum Gasteiger partial charge on any atom is 0.406 e. The normalized spacial score (nSPS) is 16.7. The molecule has 7 nitrogen and oxygen atoms in total. The molecule has 1 aromatic rings. The van der Waals surface area contributed by atoms with E-state index in [9.17, 15) is 9.59 Å². The number of nitrogens with one attached hydrogen (secondary N) is 2. The van der Waals surface area contributed by atoms with Gasteiger partial charge in [-0.15, -0.1) is 0 Å². The van der Waals surface area contributed by atoms with Gasteiger partial charge in [-0.25, -0.2) is 4.79 Å². The number of amides is 2. The molecule has 0 radical (unpaired) electrons. The average molecular weight is 442 g/mol. The molecule has 0 aromatic heterocycles. The molecule has 8 heteroatoms. The number of carbonyl (C=O) groups excluding carboxylic acids is 2. The maximum absolute atomic E-state index is 13.2. The number of piperidine rings is 1. The minimum atomic E-state index is -0.504. The molecule has 0 aliphatic carbocycles. The average Bonchev–Trinajstić information content (AvgIpc) is 2.66. The van der Waals surface area contributed by atoms with Gasteiger partial charge in [-0.3, -0.25) is 4.79 Å². The van der Waals surface area contributed by atoms with Crippen LogP contribution in [0.25, 0.3) is 0 Å². The van der Waals surface area contributed by atoms with Gasteiger partial charge >= 0.3 is 6.09 Å². The topological polar surface area (TPSA) is 79.9 Å². The van der Waals surface area contributed by atoms with Crippen molar-refractivity contribution in [2.24, 2.45) is 0 Å². The number of carbonyl (C=O) groups is 2. The number of hydrogen-bond donors (Lipinski definition) is 2. The largest absolute Gasteiger partial charge is 0.491 e. The first-order chi connectivity index (χ1) is 12.9. The van der Waals surface area contributed by atoms with Gasteiger partial charge in [0.1, 0.15) is 12.4 Å². The highest BCUT2D eigenvalue weighted by molar-refractivity contribution is 9.10. The molecule has 27 heavy (non-hydrogen) atoms. The first-order valence-corrected chi connectivity index (χ1v) is 10.0. The van der Waals surface area contributed by atoms with Crippen molar-refractivity contribution in [3.8, 4) is 5.75 Å². The zero-order valence-corrected chi connectivity index (χ0v) is 17.7. The number of nitrogens with zero attached hydrogens (tertiary/aromatic N) is 1. The van der Waals surface area contributed by atoms with Crippen molar-refractivity contribution < 1.29 is 19.1 Å². The summed E-state index contributed by atoms with van der Waals surface area (Å²) in [7, 11) is 1.31. The fourth-order valence-corrected chi connectivity index (χ4v) is 3.54. The standard InChI is InChI=1S/C19H28BrN3O4/c1-13(2)23(15-5-4-8-21-12-15)18(24)14-6-7-16(20)17(11-14)27-10-9-22-19(25)26-3/h6-7,11,13,15,21H,4-5,8-10,12H2,1-3H3,(H,22,25)/t15-/m1/s1. The molecule has 0 bridgehead atoms. The number of rotatable bonds is 7. The molecule has 1 aliphatic heterocycles. The van der Waals surface area contributed by atoms with Gasteiger partial charge in [0.25, 0.3) is 5.91 Å². The molecule has 1 aromatic carbocycles. The van der Waals surface area contributed by atoms with Crippen LogP contribution in [0.5, 0.6) is 5.75 Å². The number of benzene rings is 1. The van der Waals surface area contributed by atoms with Crippen molar-refractivity contribution in [3.63, 3.8) is 0 Å². The third kappa shape index (κ3) is 6.10. The van der Waals surface area contributed by atoms with Crippen molar-refractivity contribution in [1.29, 1.82) is 0 Å². The van der Waals surface area contributed by atoms with Crippen LogP contribution >= 0.6 is 15.9 Å². The third-order valence-electron chi connectivity index (χ3n) is 4.45. The van der Waals surface area contributed by atoms with E-state index in [1.807, 2.05) is 24.8 Å². The zero-order chi connectivity index (χ0) is 19.8. The summed E-state index contributed by atoms with van der Waals surface area (Å²) >= 11 is 3.44. The Morgan fingerprint density at radius 3 is 2.81 bits per heavy atom. The summed E-state index contributed by atoms with van der Waals surface area (Å²) in [5.74, 6) is 0.571. The zero-order valence-electron chi connectivity index (χ0n) is 16.1. The second kappa shape index (κ2) is 10.5. The van der Waals surface area contributed by atoms with Gasteiger partial charge in [-0.2, -0.15) is 0 Å². The second-order valence-corrected chi connectivity index (χ2v) is 7.57. The first-order valence-electron chi connectivity index (χ1n) is 9.21. The van der Waals surface area contributed by atoms with E-state index in [4.69, 9.17) is 4.74 Å². The molecule has 1 fully saturated rings. The Morgan fingerprint density at radius 2 is 2.19 bits per heavy atom. The van der Waals surface area contributed by atoms with Gasteiger partial charge in [-0.05, 0) is 67.4 Å². The molecule has 0 spiro atoms. The Hall–Kier alpha value is -1.80. The molecule has 0 unspecified atom stereocenters. The minimum Gasteiger partial charge on any atom is -0.491 e. The summed E-state index contributed by atoms with van der Waals surface area (Å²) < 4.78 is 11.0. The van der Waals surface area contributed by atoms with Gasteiger partial charge < -0.3 is 25.0 Å². The van der Waals surface area contributed by atoms with Crippen LogP contribution in [0, 0.1) is 0 Å². The number of ether oxygens (including phenoxy) is 2. The van der Waals surface area contributed by atoms with Crippen LogP contribution in [-0.4, -0.2) is 62.3 Å². The molecular weight excluding hydrogens is 414 g/mol. The molecule has 2 N–H and O–H groups in total. The summed E-state index contributed by atoms with van der Waals surface area (Å²) in [6.45, 7) is 6.49. The van der Waals surface area contributed by atoms with E-state index in [2.05, 4.69) is 31.3 Å². The van der Waals surface area contributed by atoms with Crippen LogP contribution in [0.1, 0.15) is 37.0 Å².